The second-order valence-corrected chi connectivity index (χ2v) is 5.72. The zero-order valence-electron chi connectivity index (χ0n) is 10.7. The Hall–Kier alpha value is -1.20. The van der Waals surface area contributed by atoms with Gasteiger partial charge in [0.1, 0.15) is 0 Å². The van der Waals surface area contributed by atoms with E-state index in [9.17, 15) is 0 Å². The molecule has 2 nitrogen and oxygen atoms in total. The Morgan fingerprint density at radius 2 is 2.06 bits per heavy atom. The van der Waals surface area contributed by atoms with Crippen LogP contribution < -0.4 is 5.32 Å². The number of rotatable bonds is 3. The Labute approximate surface area is 114 Å². The molecule has 18 heavy (non-hydrogen) atoms. The average Bonchev–Trinajstić information content (AvgIpc) is 2.39. The van der Waals surface area contributed by atoms with Crippen LogP contribution in [0.5, 0.6) is 0 Å². The molecule has 0 bridgehead atoms. The van der Waals surface area contributed by atoms with Gasteiger partial charge in [-0.05, 0) is 42.9 Å². The fourth-order valence-corrected chi connectivity index (χ4v) is 2.76. The van der Waals surface area contributed by atoms with Crippen molar-refractivity contribution in [1.82, 2.24) is 0 Å². The van der Waals surface area contributed by atoms with E-state index in [1.165, 1.54) is 25.7 Å². The minimum Gasteiger partial charge on any atom is -0.384 e. The molecule has 1 fully saturated rings. The van der Waals surface area contributed by atoms with Gasteiger partial charge in [-0.25, -0.2) is 0 Å². The molecule has 0 spiro atoms. The minimum atomic E-state index is 0.608. The number of hydrogen-bond donors (Lipinski definition) is 1. The second-order valence-electron chi connectivity index (χ2n) is 5.31. The Balaban J connectivity index is 1.89. The molecule has 1 saturated carbocycles. The lowest BCUT2D eigenvalue weighted by atomic mass is 9.83. The fourth-order valence-electron chi connectivity index (χ4n) is 2.52. The lowest BCUT2D eigenvalue weighted by Crippen LogP contribution is -2.20. The number of anilines is 1. The van der Waals surface area contributed by atoms with Gasteiger partial charge in [-0.3, -0.25) is 0 Å². The van der Waals surface area contributed by atoms with Crippen LogP contribution in [-0.4, -0.2) is 6.54 Å². The molecule has 0 saturated heterocycles. The van der Waals surface area contributed by atoms with Crippen molar-refractivity contribution in [1.29, 1.82) is 5.26 Å². The van der Waals surface area contributed by atoms with Crippen molar-refractivity contribution >= 4 is 17.3 Å². The van der Waals surface area contributed by atoms with Gasteiger partial charge in [-0.2, -0.15) is 5.26 Å². The highest BCUT2D eigenvalue weighted by Crippen LogP contribution is 2.29. The fraction of sp³-hybridized carbons (Fsp3) is 0.533. The van der Waals surface area contributed by atoms with Crippen molar-refractivity contribution in [3.05, 3.63) is 28.8 Å². The van der Waals surface area contributed by atoms with Crippen molar-refractivity contribution in [3.63, 3.8) is 0 Å². The van der Waals surface area contributed by atoms with Crippen LogP contribution in [0.2, 0.25) is 5.02 Å². The molecule has 0 unspecified atom stereocenters. The van der Waals surface area contributed by atoms with Crippen LogP contribution in [0.1, 0.15) is 38.2 Å². The number of hydrogen-bond acceptors (Lipinski definition) is 2. The van der Waals surface area contributed by atoms with E-state index in [2.05, 4.69) is 18.3 Å². The molecule has 1 aliphatic rings. The van der Waals surface area contributed by atoms with E-state index in [-0.39, 0.29) is 0 Å². The molecule has 0 aromatic heterocycles. The van der Waals surface area contributed by atoms with Gasteiger partial charge in [0.15, 0.2) is 0 Å². The predicted molar refractivity (Wildman–Crippen MR) is 75.8 cm³/mol. The van der Waals surface area contributed by atoms with Crippen molar-refractivity contribution in [2.45, 2.75) is 32.6 Å². The molecule has 0 aliphatic heterocycles. The second kappa shape index (κ2) is 6.11. The highest BCUT2D eigenvalue weighted by Gasteiger charge is 2.18. The summed E-state index contributed by atoms with van der Waals surface area (Å²) in [6.45, 7) is 3.32. The Bertz CT molecular complexity index is 442. The van der Waals surface area contributed by atoms with Crippen LogP contribution in [0.4, 0.5) is 5.69 Å². The van der Waals surface area contributed by atoms with Crippen LogP contribution in [0.15, 0.2) is 18.2 Å². The molecule has 0 amide bonds. The van der Waals surface area contributed by atoms with E-state index in [0.29, 0.717) is 10.6 Å². The number of nitriles is 1. The minimum absolute atomic E-state index is 0.608. The third kappa shape index (κ3) is 3.40. The number of nitrogens with zero attached hydrogens (tertiary/aromatic N) is 1. The first-order valence-corrected chi connectivity index (χ1v) is 7.00. The van der Waals surface area contributed by atoms with E-state index < -0.39 is 0 Å². The summed E-state index contributed by atoms with van der Waals surface area (Å²) in [7, 11) is 0. The standard InChI is InChI=1S/C15H19ClN2/c1-11-2-4-12(5-3-11)10-18-15-7-6-13(9-17)8-14(15)16/h6-8,11-12,18H,2-5,10H2,1H3. The van der Waals surface area contributed by atoms with E-state index in [1.807, 2.05) is 6.07 Å². The number of nitrogens with one attached hydrogen (secondary N) is 1. The summed E-state index contributed by atoms with van der Waals surface area (Å²) in [6.07, 6.45) is 5.30. The third-order valence-corrected chi connectivity index (χ3v) is 4.13. The summed E-state index contributed by atoms with van der Waals surface area (Å²) in [5.41, 5.74) is 1.55. The topological polar surface area (TPSA) is 35.8 Å². The Morgan fingerprint density at radius 3 is 2.67 bits per heavy atom. The highest BCUT2D eigenvalue weighted by atomic mass is 35.5. The highest BCUT2D eigenvalue weighted by molar-refractivity contribution is 6.33. The monoisotopic (exact) mass is 262 g/mol. The van der Waals surface area contributed by atoms with E-state index in [4.69, 9.17) is 16.9 Å². The molecule has 1 aliphatic carbocycles. The molecular weight excluding hydrogens is 244 g/mol. The molecule has 2 rings (SSSR count). The van der Waals surface area contributed by atoms with Gasteiger partial charge in [-0.1, -0.05) is 31.4 Å². The SMILES string of the molecule is CC1CCC(CNc2ccc(C#N)cc2Cl)CC1. The summed E-state index contributed by atoms with van der Waals surface area (Å²) in [6, 6.07) is 7.51. The zero-order chi connectivity index (χ0) is 13.0. The van der Waals surface area contributed by atoms with Crippen molar-refractivity contribution in [2.75, 3.05) is 11.9 Å². The van der Waals surface area contributed by atoms with E-state index in [0.717, 1.165) is 24.1 Å². The summed E-state index contributed by atoms with van der Waals surface area (Å²) in [4.78, 5) is 0. The van der Waals surface area contributed by atoms with Crippen molar-refractivity contribution in [3.8, 4) is 6.07 Å². The summed E-state index contributed by atoms with van der Waals surface area (Å²) >= 11 is 6.14. The molecule has 1 aromatic carbocycles. The zero-order valence-corrected chi connectivity index (χ0v) is 11.5. The molecular formula is C15H19ClN2. The lowest BCUT2D eigenvalue weighted by molar-refractivity contribution is 0.300. The van der Waals surface area contributed by atoms with Crippen LogP contribution in [0.3, 0.4) is 0 Å². The van der Waals surface area contributed by atoms with Crippen LogP contribution in [0, 0.1) is 23.2 Å². The van der Waals surface area contributed by atoms with Crippen LogP contribution >= 0.6 is 11.6 Å². The van der Waals surface area contributed by atoms with E-state index >= 15 is 0 Å². The predicted octanol–water partition coefficient (Wildman–Crippen LogP) is 4.45. The van der Waals surface area contributed by atoms with Gasteiger partial charge < -0.3 is 5.32 Å². The van der Waals surface area contributed by atoms with Crippen molar-refractivity contribution in [2.24, 2.45) is 11.8 Å². The van der Waals surface area contributed by atoms with Crippen LogP contribution in [0.25, 0.3) is 0 Å². The maximum Gasteiger partial charge on any atom is 0.0992 e. The lowest BCUT2D eigenvalue weighted by Gasteiger charge is -2.26. The molecule has 0 heterocycles. The first-order valence-electron chi connectivity index (χ1n) is 6.62. The Morgan fingerprint density at radius 1 is 1.33 bits per heavy atom. The molecule has 0 radical (unpaired) electrons. The van der Waals surface area contributed by atoms with Gasteiger partial charge in [0.2, 0.25) is 0 Å². The molecule has 1 N–H and O–H groups in total. The maximum atomic E-state index is 8.78. The number of halogens is 1. The normalized spacial score (nSPS) is 23.4. The summed E-state index contributed by atoms with van der Waals surface area (Å²) < 4.78 is 0. The molecule has 3 heteroatoms. The van der Waals surface area contributed by atoms with Crippen LogP contribution in [-0.2, 0) is 0 Å². The number of benzene rings is 1. The first kappa shape index (κ1) is 13.2. The van der Waals surface area contributed by atoms with Gasteiger partial charge in [0.25, 0.3) is 0 Å². The van der Waals surface area contributed by atoms with Gasteiger partial charge in [-0.15, -0.1) is 0 Å². The smallest absolute Gasteiger partial charge is 0.0992 e. The van der Waals surface area contributed by atoms with Gasteiger partial charge >= 0.3 is 0 Å². The summed E-state index contributed by atoms with van der Waals surface area (Å²) in [5.74, 6) is 1.65. The van der Waals surface area contributed by atoms with Gasteiger partial charge in [0.05, 0.1) is 22.3 Å². The maximum absolute atomic E-state index is 8.78. The molecule has 96 valence electrons. The Kier molecular flexibility index (Phi) is 4.49. The van der Waals surface area contributed by atoms with Gasteiger partial charge in [0, 0.05) is 6.54 Å². The largest absolute Gasteiger partial charge is 0.384 e. The van der Waals surface area contributed by atoms with Crippen molar-refractivity contribution < 1.29 is 0 Å². The average molecular weight is 263 g/mol. The summed E-state index contributed by atoms with van der Waals surface area (Å²) in [5, 5.41) is 12.8. The molecule has 1 aromatic rings. The molecule has 0 atom stereocenters. The first-order chi connectivity index (χ1) is 8.69. The quantitative estimate of drug-likeness (QED) is 0.874. The van der Waals surface area contributed by atoms with E-state index in [1.54, 1.807) is 12.1 Å². The third-order valence-electron chi connectivity index (χ3n) is 3.81.